The average molecular weight is 353 g/mol. The van der Waals surface area contributed by atoms with Crippen LogP contribution in [0.1, 0.15) is 48.0 Å². The summed E-state index contributed by atoms with van der Waals surface area (Å²) in [5, 5.41) is 3.17. The van der Waals surface area contributed by atoms with E-state index in [0.29, 0.717) is 16.5 Å². The highest BCUT2D eigenvalue weighted by Gasteiger charge is 2.29. The molecule has 1 aromatic heterocycles. The molecule has 1 aromatic rings. The second kappa shape index (κ2) is 7.79. The predicted molar refractivity (Wildman–Crippen MR) is 91.3 cm³/mol. The lowest BCUT2D eigenvalue weighted by Gasteiger charge is -2.18. The number of thiophene rings is 1. The molecule has 7 heteroatoms. The van der Waals surface area contributed by atoms with E-state index in [1.165, 1.54) is 18.4 Å². The van der Waals surface area contributed by atoms with Gasteiger partial charge in [-0.2, -0.15) is 0 Å². The third kappa shape index (κ3) is 4.14. The van der Waals surface area contributed by atoms with Crippen molar-refractivity contribution in [3.8, 4) is 0 Å². The number of hydrogen-bond donors (Lipinski definition) is 1. The number of fused-ring (bicyclic) bond motifs is 1. The number of rotatable bonds is 5. The molecule has 1 aliphatic carbocycles. The fraction of sp³-hybridized carbons (Fsp3) is 0.588. The Labute approximate surface area is 145 Å². The maximum atomic E-state index is 12.1. The van der Waals surface area contributed by atoms with Crippen LogP contribution in [0, 0.1) is 11.8 Å². The fourth-order valence-electron chi connectivity index (χ4n) is 2.62. The van der Waals surface area contributed by atoms with Crippen molar-refractivity contribution in [2.24, 2.45) is 11.8 Å². The van der Waals surface area contributed by atoms with Crippen molar-refractivity contribution in [1.29, 1.82) is 0 Å². The average Bonchev–Trinajstić information content (AvgIpc) is 2.88. The van der Waals surface area contributed by atoms with Crippen molar-refractivity contribution in [1.82, 2.24) is 0 Å². The first kappa shape index (κ1) is 18.4. The Hall–Kier alpha value is -1.89. The van der Waals surface area contributed by atoms with Gasteiger partial charge in [-0.3, -0.25) is 9.59 Å². The monoisotopic (exact) mass is 353 g/mol. The van der Waals surface area contributed by atoms with Crippen LogP contribution in [0.5, 0.6) is 0 Å². The summed E-state index contributed by atoms with van der Waals surface area (Å²) in [6.45, 7) is 5.20. The van der Waals surface area contributed by atoms with E-state index in [2.05, 4.69) is 12.2 Å². The second-order valence-electron chi connectivity index (χ2n) is 6.36. The highest BCUT2D eigenvalue weighted by molar-refractivity contribution is 7.17. The van der Waals surface area contributed by atoms with Crippen LogP contribution >= 0.6 is 11.3 Å². The molecule has 1 atom stereocenters. The van der Waals surface area contributed by atoms with Gasteiger partial charge in [-0.15, -0.1) is 11.3 Å². The van der Waals surface area contributed by atoms with E-state index in [1.54, 1.807) is 13.8 Å². The van der Waals surface area contributed by atoms with Gasteiger partial charge in [-0.05, 0) is 30.7 Å². The number of methoxy groups -OCH3 is 1. The van der Waals surface area contributed by atoms with Crippen LogP contribution in [-0.2, 0) is 31.9 Å². The Kier molecular flexibility index (Phi) is 5.99. The molecular weight excluding hydrogens is 330 g/mol. The summed E-state index contributed by atoms with van der Waals surface area (Å²) in [6.07, 6.45) is 2.70. The highest BCUT2D eigenvalue weighted by atomic mass is 32.1. The normalized spacial score (nSPS) is 16.5. The molecule has 0 bridgehead atoms. The molecule has 0 radical (unpaired) electrons. The molecule has 1 amide bonds. The van der Waals surface area contributed by atoms with Gasteiger partial charge in [0.2, 0.25) is 0 Å². The minimum absolute atomic E-state index is 0.293. The van der Waals surface area contributed by atoms with Gasteiger partial charge in [0.15, 0.2) is 6.61 Å². The lowest BCUT2D eigenvalue weighted by Crippen LogP contribution is -2.23. The topological polar surface area (TPSA) is 81.7 Å². The molecule has 0 spiro atoms. The molecule has 0 saturated heterocycles. The summed E-state index contributed by atoms with van der Waals surface area (Å²) in [5.41, 5.74) is 1.41. The number of esters is 2. The van der Waals surface area contributed by atoms with Gasteiger partial charge in [0.25, 0.3) is 5.91 Å². The van der Waals surface area contributed by atoms with Gasteiger partial charge < -0.3 is 14.8 Å². The third-order valence-electron chi connectivity index (χ3n) is 3.97. The predicted octanol–water partition coefficient (Wildman–Crippen LogP) is 2.80. The molecule has 0 fully saturated rings. The lowest BCUT2D eigenvalue weighted by atomic mass is 9.88. The van der Waals surface area contributed by atoms with Crippen molar-refractivity contribution in [2.45, 2.75) is 40.0 Å². The van der Waals surface area contributed by atoms with E-state index >= 15 is 0 Å². The molecule has 132 valence electrons. The molecule has 0 saturated carbocycles. The van der Waals surface area contributed by atoms with E-state index < -0.39 is 17.8 Å². The summed E-state index contributed by atoms with van der Waals surface area (Å²) in [4.78, 5) is 36.7. The molecule has 1 aliphatic rings. The number of nitrogens with one attached hydrogen (secondary N) is 1. The molecule has 1 heterocycles. The molecular formula is C17H23NO5S. The number of ether oxygens (including phenoxy) is 2. The largest absolute Gasteiger partial charge is 0.465 e. The van der Waals surface area contributed by atoms with Crippen molar-refractivity contribution < 1.29 is 23.9 Å². The van der Waals surface area contributed by atoms with Crippen LogP contribution < -0.4 is 5.32 Å². The Balaban J connectivity index is 2.16. The quantitative estimate of drug-likeness (QED) is 0.823. The summed E-state index contributed by atoms with van der Waals surface area (Å²) in [5.74, 6) is -1.08. The van der Waals surface area contributed by atoms with Crippen LogP contribution in [0.2, 0.25) is 0 Å². The summed E-state index contributed by atoms with van der Waals surface area (Å²) in [7, 11) is 1.33. The molecule has 0 aromatic carbocycles. The fourth-order valence-corrected chi connectivity index (χ4v) is 4.04. The third-order valence-corrected chi connectivity index (χ3v) is 5.14. The second-order valence-corrected chi connectivity index (χ2v) is 7.46. The van der Waals surface area contributed by atoms with Crippen molar-refractivity contribution >= 4 is 34.2 Å². The SMILES string of the molecule is COC(=O)c1c(NC(=O)COC(=O)C(C)C)sc2c1CC[C@H](C)C2. The van der Waals surface area contributed by atoms with Crippen LogP contribution in [0.15, 0.2) is 0 Å². The minimum Gasteiger partial charge on any atom is -0.465 e. The Morgan fingerprint density at radius 2 is 2.04 bits per heavy atom. The van der Waals surface area contributed by atoms with Gasteiger partial charge in [0.05, 0.1) is 18.6 Å². The Morgan fingerprint density at radius 3 is 2.67 bits per heavy atom. The van der Waals surface area contributed by atoms with E-state index in [1.807, 2.05) is 0 Å². The highest BCUT2D eigenvalue weighted by Crippen LogP contribution is 2.39. The number of anilines is 1. The Morgan fingerprint density at radius 1 is 1.33 bits per heavy atom. The number of carbonyl (C=O) groups excluding carboxylic acids is 3. The molecule has 1 N–H and O–H groups in total. The van der Waals surface area contributed by atoms with Crippen molar-refractivity contribution in [3.63, 3.8) is 0 Å². The number of hydrogen-bond acceptors (Lipinski definition) is 6. The zero-order chi connectivity index (χ0) is 17.9. The van der Waals surface area contributed by atoms with Gasteiger partial charge in [-0.25, -0.2) is 4.79 Å². The smallest absolute Gasteiger partial charge is 0.341 e. The minimum atomic E-state index is -0.458. The van der Waals surface area contributed by atoms with Crippen LogP contribution in [0.4, 0.5) is 5.00 Å². The summed E-state index contributed by atoms with van der Waals surface area (Å²) in [6, 6.07) is 0. The molecule has 2 rings (SSSR count). The van der Waals surface area contributed by atoms with E-state index in [4.69, 9.17) is 9.47 Å². The van der Waals surface area contributed by atoms with Gasteiger partial charge in [0, 0.05) is 4.88 Å². The maximum absolute atomic E-state index is 12.1. The van der Waals surface area contributed by atoms with E-state index in [9.17, 15) is 14.4 Å². The first-order chi connectivity index (χ1) is 11.3. The van der Waals surface area contributed by atoms with Crippen LogP contribution in [-0.4, -0.2) is 31.6 Å². The first-order valence-electron chi connectivity index (χ1n) is 8.02. The van der Waals surface area contributed by atoms with Gasteiger partial charge >= 0.3 is 11.9 Å². The summed E-state index contributed by atoms with van der Waals surface area (Å²) < 4.78 is 9.79. The van der Waals surface area contributed by atoms with Gasteiger partial charge in [0.1, 0.15) is 5.00 Å². The molecule has 0 aliphatic heterocycles. The maximum Gasteiger partial charge on any atom is 0.341 e. The first-order valence-corrected chi connectivity index (χ1v) is 8.84. The number of amides is 1. The lowest BCUT2D eigenvalue weighted by molar-refractivity contribution is -0.150. The van der Waals surface area contributed by atoms with Crippen LogP contribution in [0.3, 0.4) is 0 Å². The zero-order valence-electron chi connectivity index (χ0n) is 14.4. The molecule has 0 unspecified atom stereocenters. The number of carbonyl (C=O) groups is 3. The van der Waals surface area contributed by atoms with E-state index in [0.717, 1.165) is 29.7 Å². The van der Waals surface area contributed by atoms with Crippen molar-refractivity contribution in [3.05, 3.63) is 16.0 Å². The zero-order valence-corrected chi connectivity index (χ0v) is 15.2. The molecule has 24 heavy (non-hydrogen) atoms. The Bertz CT molecular complexity index is 650. The summed E-state index contributed by atoms with van der Waals surface area (Å²) >= 11 is 1.41. The van der Waals surface area contributed by atoms with Crippen LogP contribution in [0.25, 0.3) is 0 Å². The standard InChI is InChI=1S/C17H23NO5S/c1-9(2)16(20)23-8-13(19)18-15-14(17(21)22-4)11-6-5-10(3)7-12(11)24-15/h9-10H,5-8H2,1-4H3,(H,18,19)/t10-/m0/s1. The van der Waals surface area contributed by atoms with Gasteiger partial charge in [-0.1, -0.05) is 20.8 Å². The van der Waals surface area contributed by atoms with E-state index in [-0.39, 0.29) is 12.5 Å². The van der Waals surface area contributed by atoms with Crippen molar-refractivity contribution in [2.75, 3.05) is 19.0 Å². The molecule has 6 nitrogen and oxygen atoms in total.